The van der Waals surface area contributed by atoms with Crippen LogP contribution in [0.4, 0.5) is 10.2 Å². The number of carbonyl (C=O) groups is 1. The van der Waals surface area contributed by atoms with Crippen molar-refractivity contribution in [3.05, 3.63) is 62.6 Å². The van der Waals surface area contributed by atoms with Gasteiger partial charge in [-0.05, 0) is 87.1 Å². The zero-order valence-corrected chi connectivity index (χ0v) is 25.3. The minimum absolute atomic E-state index is 0.208. The fourth-order valence-corrected chi connectivity index (χ4v) is 5.56. The van der Waals surface area contributed by atoms with Gasteiger partial charge in [0.2, 0.25) is 0 Å². The molecule has 1 aliphatic heterocycles. The Kier molecular flexibility index (Phi) is 12.5. The Labute approximate surface area is 251 Å². The Bertz CT molecular complexity index is 1290. The maximum atomic E-state index is 14.7. The molecule has 1 saturated heterocycles. The first-order valence-corrected chi connectivity index (χ1v) is 15.0. The number of likely N-dealkylation sites (tertiary alicyclic amines) is 1. The van der Waals surface area contributed by atoms with Crippen LogP contribution in [0, 0.1) is 5.82 Å². The summed E-state index contributed by atoms with van der Waals surface area (Å²) < 4.78 is 23.7. The Morgan fingerprint density at radius 3 is 2.67 bits per heavy atom. The van der Waals surface area contributed by atoms with E-state index in [9.17, 15) is 14.3 Å². The highest BCUT2D eigenvalue weighted by Crippen LogP contribution is 2.37. The molecule has 0 bridgehead atoms. The van der Waals surface area contributed by atoms with E-state index in [0.717, 1.165) is 30.5 Å². The summed E-state index contributed by atoms with van der Waals surface area (Å²) in [6.45, 7) is 3.95. The van der Waals surface area contributed by atoms with Crippen molar-refractivity contribution in [2.75, 3.05) is 31.4 Å². The second-order valence-electron chi connectivity index (χ2n) is 9.07. The number of carboxylic acids is 1. The van der Waals surface area contributed by atoms with Gasteiger partial charge in [0.25, 0.3) is 0 Å². The summed E-state index contributed by atoms with van der Waals surface area (Å²) in [6.07, 6.45) is 4.07. The van der Waals surface area contributed by atoms with E-state index in [-0.39, 0.29) is 10.8 Å². The van der Waals surface area contributed by atoms with Gasteiger partial charge in [0.05, 0.1) is 15.4 Å². The van der Waals surface area contributed by atoms with E-state index in [1.165, 1.54) is 23.5 Å². The molecule has 1 aliphatic rings. The van der Waals surface area contributed by atoms with Crippen LogP contribution in [0.15, 0.2) is 51.1 Å². The molecule has 40 heavy (non-hydrogen) atoms. The van der Waals surface area contributed by atoms with Gasteiger partial charge < -0.3 is 30.2 Å². The van der Waals surface area contributed by atoms with E-state index in [0.29, 0.717) is 53.8 Å². The summed E-state index contributed by atoms with van der Waals surface area (Å²) in [5, 5.41) is 12.0. The number of nitrogens with zero attached hydrogens (tertiary/aromatic N) is 3. The number of aliphatic imine (C=N–C) groups is 1. The largest absolute Gasteiger partial charge is 0.480 e. The molecule has 3 aromatic rings. The van der Waals surface area contributed by atoms with E-state index < -0.39 is 17.3 Å². The number of nitrogens with one attached hydrogen (secondary N) is 1. The smallest absolute Gasteiger partial charge is 0.323 e. The van der Waals surface area contributed by atoms with Gasteiger partial charge in [0.1, 0.15) is 28.7 Å². The SMILES string of the molecule is CC=NC.NC1(C(=O)O)CCN(CCCc2cc(Cl)ccc2Oc2cc(F)c(SNc3cscn3)cc2Cl)CC1. The molecular weight excluding hydrogens is 596 g/mol. The van der Waals surface area contributed by atoms with Gasteiger partial charge in [-0.15, -0.1) is 11.3 Å². The number of aliphatic carboxylic acids is 1. The van der Waals surface area contributed by atoms with Gasteiger partial charge in [-0.1, -0.05) is 23.2 Å². The molecular formula is C27H32Cl2FN5O3S2. The van der Waals surface area contributed by atoms with Crippen LogP contribution in [-0.4, -0.2) is 59.4 Å². The minimum atomic E-state index is -1.14. The standard InChI is InChI=1S/C24H25Cl2FN4O3S2.C3H7N/c25-16-3-4-19(15(10-16)2-1-7-31-8-5-24(28,6-9-31)23(32)33)34-20-12-18(27)21(11-17(20)26)36-30-22-13-35-14-29-22;1-3-4-2/h3-4,10-14,30H,1-2,5-9,28H2,(H,32,33);3H,1-2H3. The van der Waals surface area contributed by atoms with Crippen molar-refractivity contribution in [2.45, 2.75) is 43.0 Å². The summed E-state index contributed by atoms with van der Waals surface area (Å²) in [4.78, 5) is 21.6. The highest BCUT2D eigenvalue weighted by atomic mass is 35.5. The number of anilines is 1. The average Bonchev–Trinajstić information content (AvgIpc) is 3.46. The molecule has 0 atom stereocenters. The molecule has 2 aromatic carbocycles. The molecule has 0 aliphatic carbocycles. The topological polar surface area (TPSA) is 113 Å². The number of halogens is 3. The number of piperidine rings is 1. The van der Waals surface area contributed by atoms with Crippen molar-refractivity contribution in [1.29, 1.82) is 0 Å². The fourth-order valence-electron chi connectivity index (χ4n) is 3.88. The number of aryl methyl sites for hydroxylation is 1. The monoisotopic (exact) mass is 627 g/mol. The van der Waals surface area contributed by atoms with Crippen LogP contribution in [-0.2, 0) is 11.2 Å². The summed E-state index contributed by atoms with van der Waals surface area (Å²) in [7, 11) is 1.75. The Hall–Kier alpha value is -2.41. The summed E-state index contributed by atoms with van der Waals surface area (Å²) in [5.41, 5.74) is 7.38. The summed E-state index contributed by atoms with van der Waals surface area (Å²) in [5.74, 6) is -0.0206. The van der Waals surface area contributed by atoms with Crippen molar-refractivity contribution in [1.82, 2.24) is 9.88 Å². The van der Waals surface area contributed by atoms with Crippen LogP contribution >= 0.6 is 46.5 Å². The summed E-state index contributed by atoms with van der Waals surface area (Å²) in [6, 6.07) is 8.06. The predicted octanol–water partition coefficient (Wildman–Crippen LogP) is 7.02. The first kappa shape index (κ1) is 32.1. The van der Waals surface area contributed by atoms with Gasteiger partial charge in [-0.2, -0.15) is 0 Å². The van der Waals surface area contributed by atoms with Gasteiger partial charge in [0.15, 0.2) is 0 Å². The van der Waals surface area contributed by atoms with E-state index >= 15 is 0 Å². The third kappa shape index (κ3) is 9.32. The van der Waals surface area contributed by atoms with Crippen LogP contribution in [0.3, 0.4) is 0 Å². The molecule has 216 valence electrons. The van der Waals surface area contributed by atoms with Crippen LogP contribution in [0.5, 0.6) is 11.5 Å². The lowest BCUT2D eigenvalue weighted by molar-refractivity contribution is -0.145. The van der Waals surface area contributed by atoms with Crippen molar-refractivity contribution in [3.63, 3.8) is 0 Å². The third-order valence-corrected chi connectivity index (χ3v) is 8.24. The Morgan fingerprint density at radius 2 is 2.05 bits per heavy atom. The molecule has 13 heteroatoms. The highest BCUT2D eigenvalue weighted by Gasteiger charge is 2.37. The maximum Gasteiger partial charge on any atom is 0.323 e. The summed E-state index contributed by atoms with van der Waals surface area (Å²) >= 11 is 15.2. The molecule has 2 heterocycles. The molecule has 0 spiro atoms. The normalized spacial score (nSPS) is 14.9. The molecule has 4 rings (SSSR count). The zero-order chi connectivity index (χ0) is 29.1. The van der Waals surface area contributed by atoms with E-state index in [4.69, 9.17) is 33.7 Å². The number of nitrogens with two attached hydrogens (primary N) is 1. The fraction of sp³-hybridized carbons (Fsp3) is 0.370. The maximum absolute atomic E-state index is 14.7. The lowest BCUT2D eigenvalue weighted by Gasteiger charge is -2.36. The molecule has 0 saturated carbocycles. The lowest BCUT2D eigenvalue weighted by Crippen LogP contribution is -2.55. The molecule has 0 unspecified atom stereocenters. The van der Waals surface area contributed by atoms with Gasteiger partial charge >= 0.3 is 5.97 Å². The number of carboxylic acid groups (broad SMARTS) is 1. The predicted molar refractivity (Wildman–Crippen MR) is 163 cm³/mol. The van der Waals surface area contributed by atoms with Crippen LogP contribution in [0.25, 0.3) is 0 Å². The Morgan fingerprint density at radius 1 is 1.32 bits per heavy atom. The second kappa shape index (κ2) is 15.6. The number of hydrogen-bond acceptors (Lipinski definition) is 9. The number of aromatic nitrogens is 1. The second-order valence-corrected chi connectivity index (χ2v) is 11.5. The molecule has 1 fully saturated rings. The van der Waals surface area contributed by atoms with Gasteiger partial charge in [-0.25, -0.2) is 9.37 Å². The first-order chi connectivity index (χ1) is 19.1. The minimum Gasteiger partial charge on any atom is -0.480 e. The number of benzene rings is 2. The zero-order valence-electron chi connectivity index (χ0n) is 22.2. The van der Waals surface area contributed by atoms with Crippen molar-refractivity contribution >= 4 is 64.5 Å². The van der Waals surface area contributed by atoms with Crippen molar-refractivity contribution in [2.24, 2.45) is 10.7 Å². The number of rotatable bonds is 10. The van der Waals surface area contributed by atoms with Crippen LogP contribution in [0.2, 0.25) is 10.0 Å². The van der Waals surface area contributed by atoms with Gasteiger partial charge in [-0.3, -0.25) is 4.79 Å². The molecule has 1 aromatic heterocycles. The molecule has 8 nitrogen and oxygen atoms in total. The van der Waals surface area contributed by atoms with Gasteiger partial charge in [0, 0.05) is 36.6 Å². The highest BCUT2D eigenvalue weighted by molar-refractivity contribution is 8.00. The lowest BCUT2D eigenvalue weighted by atomic mass is 9.89. The molecule has 0 radical (unpaired) electrons. The molecule has 0 amide bonds. The number of hydrogen-bond donors (Lipinski definition) is 3. The van der Waals surface area contributed by atoms with E-state index in [1.807, 2.05) is 18.4 Å². The first-order valence-electron chi connectivity index (χ1n) is 12.5. The van der Waals surface area contributed by atoms with Crippen LogP contribution < -0.4 is 15.2 Å². The number of thiazole rings is 1. The average molecular weight is 629 g/mol. The quantitative estimate of drug-likeness (QED) is 0.162. The van der Waals surface area contributed by atoms with Crippen LogP contribution in [0.1, 0.15) is 31.7 Å². The third-order valence-electron chi connectivity index (χ3n) is 6.28. The van der Waals surface area contributed by atoms with E-state index in [2.05, 4.69) is 19.6 Å². The van der Waals surface area contributed by atoms with Crippen molar-refractivity contribution in [3.8, 4) is 11.5 Å². The number of ether oxygens (including phenoxy) is 1. The van der Waals surface area contributed by atoms with Crippen molar-refractivity contribution < 1.29 is 19.0 Å². The van der Waals surface area contributed by atoms with E-state index in [1.54, 1.807) is 30.9 Å². The molecule has 4 N–H and O–H groups in total. The Balaban J connectivity index is 0.00000103.